The number of carbonyl (C=O) groups excluding carboxylic acids is 2. The Bertz CT molecular complexity index is 637. The molecule has 1 aromatic rings. The third-order valence-corrected chi connectivity index (χ3v) is 5.67. The second kappa shape index (κ2) is 8.49. The average molecular weight is 359 g/mol. The number of hydrogen-bond acceptors (Lipinski definition) is 5. The summed E-state index contributed by atoms with van der Waals surface area (Å²) in [6, 6.07) is 3.41. The summed E-state index contributed by atoms with van der Waals surface area (Å²) in [7, 11) is 0. The van der Waals surface area contributed by atoms with E-state index in [1.165, 1.54) is 0 Å². The Morgan fingerprint density at radius 2 is 1.96 bits per heavy atom. The first-order chi connectivity index (χ1) is 12.6. The summed E-state index contributed by atoms with van der Waals surface area (Å²) >= 11 is 0. The van der Waals surface area contributed by atoms with Gasteiger partial charge in [0, 0.05) is 38.8 Å². The van der Waals surface area contributed by atoms with Crippen LogP contribution in [0.15, 0.2) is 18.3 Å². The van der Waals surface area contributed by atoms with Gasteiger partial charge in [0.15, 0.2) is 0 Å². The van der Waals surface area contributed by atoms with Crippen molar-refractivity contribution in [2.45, 2.75) is 26.2 Å². The molecule has 1 atom stereocenters. The topological polar surface area (TPSA) is 91.6 Å². The second-order valence-corrected chi connectivity index (χ2v) is 7.38. The minimum absolute atomic E-state index is 0.242. The number of nitrogens with one attached hydrogen (secondary N) is 1. The van der Waals surface area contributed by atoms with Crippen LogP contribution in [0.2, 0.25) is 0 Å². The van der Waals surface area contributed by atoms with Crippen molar-refractivity contribution in [2.75, 3.05) is 44.2 Å². The van der Waals surface area contributed by atoms with Crippen molar-refractivity contribution in [3.05, 3.63) is 23.9 Å². The molecule has 0 aliphatic carbocycles. The molecule has 2 aliphatic rings. The number of primary amides is 1. The van der Waals surface area contributed by atoms with E-state index in [4.69, 9.17) is 5.73 Å². The minimum atomic E-state index is -0.470. The molecule has 0 saturated carbocycles. The molecule has 3 N–H and O–H groups in total. The predicted octanol–water partition coefficient (Wildman–Crippen LogP) is 0.855. The molecule has 0 radical (unpaired) electrons. The molecule has 7 heteroatoms. The van der Waals surface area contributed by atoms with Crippen LogP contribution < -0.4 is 16.0 Å². The van der Waals surface area contributed by atoms with Gasteiger partial charge in [0.25, 0.3) is 5.91 Å². The first-order valence-corrected chi connectivity index (χ1v) is 9.54. The Labute approximate surface area is 154 Å². The fourth-order valence-corrected chi connectivity index (χ4v) is 3.99. The van der Waals surface area contributed by atoms with Crippen molar-refractivity contribution in [1.82, 2.24) is 15.2 Å². The molecule has 2 saturated heterocycles. The van der Waals surface area contributed by atoms with E-state index in [1.807, 2.05) is 9.80 Å². The largest absolute Gasteiger partial charge is 0.365 e. The number of piperazine rings is 1. The van der Waals surface area contributed by atoms with Gasteiger partial charge in [-0.25, -0.2) is 4.98 Å². The van der Waals surface area contributed by atoms with Crippen molar-refractivity contribution in [1.29, 1.82) is 0 Å². The van der Waals surface area contributed by atoms with Crippen LogP contribution >= 0.6 is 0 Å². The number of nitrogens with two attached hydrogens (primary N) is 1. The molecule has 2 aliphatic heterocycles. The zero-order chi connectivity index (χ0) is 18.5. The van der Waals surface area contributed by atoms with Crippen LogP contribution in [0.3, 0.4) is 0 Å². The molecule has 142 valence electrons. The number of nitrogens with zero attached hydrogens (tertiary/aromatic N) is 3. The highest BCUT2D eigenvalue weighted by Gasteiger charge is 2.27. The van der Waals surface area contributed by atoms with Gasteiger partial charge in [-0.1, -0.05) is 6.92 Å². The number of aromatic nitrogens is 1. The minimum Gasteiger partial charge on any atom is -0.365 e. The number of pyridine rings is 1. The average Bonchev–Trinajstić information content (AvgIpc) is 2.68. The van der Waals surface area contributed by atoms with E-state index in [0.29, 0.717) is 55.8 Å². The summed E-state index contributed by atoms with van der Waals surface area (Å²) in [5.74, 6) is 1.47. The van der Waals surface area contributed by atoms with Crippen LogP contribution in [0.25, 0.3) is 0 Å². The second-order valence-electron chi connectivity index (χ2n) is 7.38. The standard InChI is InChI=1S/C19H29N5O2/c1-14(15-4-7-21-8-5-15)13-17(25)23-9-11-24(12-10-23)19-16(18(20)26)3-2-6-22-19/h2-3,6,14-15,21H,4-5,7-13H2,1H3,(H2,20,26). The molecule has 2 amide bonds. The van der Waals surface area contributed by atoms with Crippen molar-refractivity contribution < 1.29 is 9.59 Å². The molecule has 0 spiro atoms. The third kappa shape index (κ3) is 4.33. The van der Waals surface area contributed by atoms with E-state index < -0.39 is 5.91 Å². The van der Waals surface area contributed by atoms with Crippen molar-refractivity contribution >= 4 is 17.6 Å². The van der Waals surface area contributed by atoms with E-state index >= 15 is 0 Å². The van der Waals surface area contributed by atoms with Gasteiger partial charge in [-0.05, 0) is 49.9 Å². The summed E-state index contributed by atoms with van der Waals surface area (Å²) in [6.07, 6.45) is 4.62. The van der Waals surface area contributed by atoms with Crippen LogP contribution in [-0.4, -0.2) is 61.0 Å². The molecule has 0 aromatic carbocycles. The maximum absolute atomic E-state index is 12.7. The number of anilines is 1. The molecule has 1 unspecified atom stereocenters. The Balaban J connectivity index is 1.53. The van der Waals surface area contributed by atoms with E-state index in [2.05, 4.69) is 17.2 Å². The Morgan fingerprint density at radius 1 is 1.27 bits per heavy atom. The lowest BCUT2D eigenvalue weighted by molar-refractivity contribution is -0.132. The maximum Gasteiger partial charge on any atom is 0.252 e. The van der Waals surface area contributed by atoms with Crippen LogP contribution in [-0.2, 0) is 4.79 Å². The monoisotopic (exact) mass is 359 g/mol. The first-order valence-electron chi connectivity index (χ1n) is 9.54. The zero-order valence-corrected chi connectivity index (χ0v) is 15.5. The number of carbonyl (C=O) groups is 2. The highest BCUT2D eigenvalue weighted by molar-refractivity contribution is 5.97. The smallest absolute Gasteiger partial charge is 0.252 e. The van der Waals surface area contributed by atoms with Crippen LogP contribution in [0.1, 0.15) is 36.5 Å². The fraction of sp³-hybridized carbons (Fsp3) is 0.632. The van der Waals surface area contributed by atoms with Gasteiger partial charge in [-0.15, -0.1) is 0 Å². The van der Waals surface area contributed by atoms with Gasteiger partial charge in [0.2, 0.25) is 5.91 Å². The highest BCUT2D eigenvalue weighted by Crippen LogP contribution is 2.25. The van der Waals surface area contributed by atoms with Crippen molar-refractivity contribution in [3.8, 4) is 0 Å². The van der Waals surface area contributed by atoms with Crippen molar-refractivity contribution in [3.63, 3.8) is 0 Å². The lowest BCUT2D eigenvalue weighted by atomic mass is 9.84. The van der Waals surface area contributed by atoms with Gasteiger partial charge < -0.3 is 20.9 Å². The van der Waals surface area contributed by atoms with Gasteiger partial charge in [0.1, 0.15) is 5.82 Å². The van der Waals surface area contributed by atoms with E-state index in [-0.39, 0.29) is 5.91 Å². The quantitative estimate of drug-likeness (QED) is 0.813. The lowest BCUT2D eigenvalue weighted by Crippen LogP contribution is -2.50. The molecule has 3 heterocycles. The lowest BCUT2D eigenvalue weighted by Gasteiger charge is -2.37. The summed E-state index contributed by atoms with van der Waals surface area (Å²) in [4.78, 5) is 32.6. The summed E-state index contributed by atoms with van der Waals surface area (Å²) in [6.45, 7) is 6.99. The van der Waals surface area contributed by atoms with E-state index in [9.17, 15) is 9.59 Å². The first kappa shape index (κ1) is 18.6. The van der Waals surface area contributed by atoms with Gasteiger partial charge in [-0.3, -0.25) is 9.59 Å². The SMILES string of the molecule is CC(CC(=O)N1CCN(c2ncccc2C(N)=O)CC1)C1CCNCC1. The zero-order valence-electron chi connectivity index (χ0n) is 15.5. The molecule has 2 fully saturated rings. The summed E-state index contributed by atoms with van der Waals surface area (Å²) in [5.41, 5.74) is 5.88. The van der Waals surface area contributed by atoms with E-state index in [1.54, 1.807) is 18.3 Å². The van der Waals surface area contributed by atoms with Crippen LogP contribution in [0.4, 0.5) is 5.82 Å². The number of rotatable bonds is 5. The summed E-state index contributed by atoms with van der Waals surface area (Å²) < 4.78 is 0. The molecule has 7 nitrogen and oxygen atoms in total. The van der Waals surface area contributed by atoms with Gasteiger partial charge >= 0.3 is 0 Å². The fourth-order valence-electron chi connectivity index (χ4n) is 3.99. The van der Waals surface area contributed by atoms with Crippen molar-refractivity contribution in [2.24, 2.45) is 17.6 Å². The highest BCUT2D eigenvalue weighted by atomic mass is 16.2. The number of hydrogen-bond donors (Lipinski definition) is 2. The molecular weight excluding hydrogens is 330 g/mol. The predicted molar refractivity (Wildman–Crippen MR) is 101 cm³/mol. The number of piperidine rings is 1. The Kier molecular flexibility index (Phi) is 6.08. The van der Waals surface area contributed by atoms with Gasteiger partial charge in [-0.2, -0.15) is 0 Å². The molecular formula is C19H29N5O2. The molecule has 1 aromatic heterocycles. The maximum atomic E-state index is 12.7. The van der Waals surface area contributed by atoms with Gasteiger partial charge in [0.05, 0.1) is 5.56 Å². The third-order valence-electron chi connectivity index (χ3n) is 5.67. The molecule has 3 rings (SSSR count). The molecule has 0 bridgehead atoms. The van der Waals surface area contributed by atoms with Crippen LogP contribution in [0, 0.1) is 11.8 Å². The Morgan fingerprint density at radius 3 is 2.62 bits per heavy atom. The van der Waals surface area contributed by atoms with Crippen LogP contribution in [0.5, 0.6) is 0 Å². The summed E-state index contributed by atoms with van der Waals surface area (Å²) in [5, 5.41) is 3.38. The Hall–Kier alpha value is -2.15. The number of amides is 2. The normalized spacial score (nSPS) is 20.0. The van der Waals surface area contributed by atoms with E-state index in [0.717, 1.165) is 25.9 Å². The molecule has 26 heavy (non-hydrogen) atoms.